The van der Waals surface area contributed by atoms with Crippen molar-refractivity contribution in [2.75, 3.05) is 11.9 Å². The Bertz CT molecular complexity index is 1210. The van der Waals surface area contributed by atoms with E-state index in [1.165, 1.54) is 0 Å². The van der Waals surface area contributed by atoms with E-state index in [4.69, 9.17) is 5.73 Å². The van der Waals surface area contributed by atoms with Crippen LogP contribution >= 0.6 is 0 Å². The van der Waals surface area contributed by atoms with Crippen molar-refractivity contribution >= 4 is 17.4 Å². The van der Waals surface area contributed by atoms with Crippen LogP contribution in [0.3, 0.4) is 0 Å². The normalized spacial score (nSPS) is 11.4. The van der Waals surface area contributed by atoms with Crippen molar-refractivity contribution in [3.63, 3.8) is 0 Å². The molecule has 0 radical (unpaired) electrons. The van der Waals surface area contributed by atoms with E-state index in [0.29, 0.717) is 31.1 Å². The van der Waals surface area contributed by atoms with Crippen LogP contribution in [-0.2, 0) is 6.54 Å². The lowest BCUT2D eigenvalue weighted by Gasteiger charge is -2.13. The van der Waals surface area contributed by atoms with E-state index in [1.54, 1.807) is 16.9 Å². The zero-order chi connectivity index (χ0) is 23.2. The van der Waals surface area contributed by atoms with Crippen molar-refractivity contribution in [2.45, 2.75) is 52.0 Å². The zero-order valence-corrected chi connectivity index (χ0v) is 19.1. The van der Waals surface area contributed by atoms with Crippen LogP contribution in [0.5, 0.6) is 0 Å². The van der Waals surface area contributed by atoms with Gasteiger partial charge in [0, 0.05) is 30.9 Å². The monoisotopic (exact) mass is 446 g/mol. The predicted molar refractivity (Wildman–Crippen MR) is 128 cm³/mol. The Morgan fingerprint density at radius 2 is 1.94 bits per heavy atom. The summed E-state index contributed by atoms with van der Waals surface area (Å²) in [5, 5.41) is 12.2. The van der Waals surface area contributed by atoms with Gasteiger partial charge in [0.25, 0.3) is 0 Å². The number of carbonyl (C=O) groups excluding carboxylic acids is 1. The van der Waals surface area contributed by atoms with E-state index < -0.39 is 0 Å². The molecule has 0 amide bonds. The standard InChI is InChI=1S/C24H30N8O/c1-17(2)19-16-28-32-23(19)29-22(21(33)11-4-3-7-12-25)30-24(32)26-15-18-9-5-6-10-20(18)31-14-8-13-27-31/h5-6,8-10,13-14,16-17H,3-4,7,11-12,15,25H2,1-2H3,(H,26,29,30). The number of nitrogens with two attached hydrogens (primary N) is 1. The number of aromatic nitrogens is 6. The number of nitrogens with zero attached hydrogens (tertiary/aromatic N) is 6. The Morgan fingerprint density at radius 3 is 2.70 bits per heavy atom. The van der Waals surface area contributed by atoms with Gasteiger partial charge in [-0.3, -0.25) is 4.79 Å². The van der Waals surface area contributed by atoms with Gasteiger partial charge >= 0.3 is 0 Å². The van der Waals surface area contributed by atoms with E-state index >= 15 is 0 Å². The van der Waals surface area contributed by atoms with E-state index in [1.807, 2.05) is 41.2 Å². The molecule has 3 N–H and O–H groups in total. The van der Waals surface area contributed by atoms with Crippen molar-refractivity contribution in [3.8, 4) is 5.69 Å². The second-order valence-corrected chi connectivity index (χ2v) is 8.32. The first-order valence-corrected chi connectivity index (χ1v) is 11.4. The van der Waals surface area contributed by atoms with Gasteiger partial charge in [0.15, 0.2) is 11.4 Å². The van der Waals surface area contributed by atoms with Crippen LogP contribution in [0.1, 0.15) is 67.2 Å². The first-order valence-electron chi connectivity index (χ1n) is 11.4. The molecule has 0 bridgehead atoms. The summed E-state index contributed by atoms with van der Waals surface area (Å²) >= 11 is 0. The lowest BCUT2D eigenvalue weighted by Crippen LogP contribution is -2.15. The molecular weight excluding hydrogens is 416 g/mol. The van der Waals surface area contributed by atoms with Crippen molar-refractivity contribution in [2.24, 2.45) is 5.73 Å². The lowest BCUT2D eigenvalue weighted by atomic mass is 10.1. The highest BCUT2D eigenvalue weighted by Gasteiger charge is 2.19. The molecule has 172 valence electrons. The molecule has 0 fully saturated rings. The van der Waals surface area contributed by atoms with Gasteiger partial charge in [-0.25, -0.2) is 9.67 Å². The summed E-state index contributed by atoms with van der Waals surface area (Å²) in [7, 11) is 0. The Balaban J connectivity index is 1.64. The van der Waals surface area contributed by atoms with Gasteiger partial charge in [-0.1, -0.05) is 38.5 Å². The lowest BCUT2D eigenvalue weighted by molar-refractivity contribution is 0.0969. The summed E-state index contributed by atoms with van der Waals surface area (Å²) in [5.74, 6) is 0.872. The molecule has 3 aromatic heterocycles. The molecule has 0 atom stereocenters. The Labute approximate surface area is 193 Å². The summed E-state index contributed by atoms with van der Waals surface area (Å²) in [6.45, 7) is 5.29. The molecule has 9 nitrogen and oxygen atoms in total. The summed E-state index contributed by atoms with van der Waals surface area (Å²) < 4.78 is 3.50. The number of fused-ring (bicyclic) bond motifs is 1. The fraction of sp³-hybridized carbons (Fsp3) is 0.375. The molecule has 0 unspecified atom stereocenters. The van der Waals surface area contributed by atoms with E-state index in [2.05, 4.69) is 39.3 Å². The second kappa shape index (κ2) is 10.4. The minimum absolute atomic E-state index is 0.0644. The fourth-order valence-corrected chi connectivity index (χ4v) is 3.73. The highest BCUT2D eigenvalue weighted by molar-refractivity contribution is 5.93. The van der Waals surface area contributed by atoms with Crippen molar-refractivity contribution in [3.05, 3.63) is 65.9 Å². The molecule has 0 saturated heterocycles. The van der Waals surface area contributed by atoms with Crippen LogP contribution in [0, 0.1) is 0 Å². The van der Waals surface area contributed by atoms with Crippen LogP contribution in [0.4, 0.5) is 5.95 Å². The minimum atomic E-state index is -0.0644. The van der Waals surface area contributed by atoms with Crippen LogP contribution in [0.25, 0.3) is 11.3 Å². The summed E-state index contributed by atoms with van der Waals surface area (Å²) in [6.07, 6.45) is 8.47. The number of unbranched alkanes of at least 4 members (excludes halogenated alkanes) is 2. The number of carbonyl (C=O) groups is 1. The largest absolute Gasteiger partial charge is 0.350 e. The van der Waals surface area contributed by atoms with Gasteiger partial charge in [-0.05, 0) is 43.0 Å². The smallest absolute Gasteiger partial charge is 0.228 e. The van der Waals surface area contributed by atoms with Gasteiger partial charge in [0.05, 0.1) is 11.9 Å². The Hall–Kier alpha value is -3.59. The van der Waals surface area contributed by atoms with Gasteiger partial charge < -0.3 is 11.1 Å². The van der Waals surface area contributed by atoms with Crippen LogP contribution < -0.4 is 11.1 Å². The number of benzene rings is 1. The summed E-state index contributed by atoms with van der Waals surface area (Å²) in [5.41, 5.74) is 9.22. The molecule has 0 aliphatic carbocycles. The van der Waals surface area contributed by atoms with Crippen molar-refractivity contribution < 1.29 is 4.79 Å². The maximum absolute atomic E-state index is 12.9. The van der Waals surface area contributed by atoms with Gasteiger partial charge in [-0.15, -0.1) is 0 Å². The number of ketones is 1. The van der Waals surface area contributed by atoms with E-state index in [9.17, 15) is 4.79 Å². The van der Waals surface area contributed by atoms with Crippen LogP contribution in [0.2, 0.25) is 0 Å². The van der Waals surface area contributed by atoms with E-state index in [-0.39, 0.29) is 17.5 Å². The molecule has 4 aromatic rings. The highest BCUT2D eigenvalue weighted by Crippen LogP contribution is 2.22. The molecular formula is C24H30N8O. The molecule has 0 saturated carbocycles. The average Bonchev–Trinajstić information content (AvgIpc) is 3.50. The van der Waals surface area contributed by atoms with Gasteiger partial charge in [0.1, 0.15) is 0 Å². The van der Waals surface area contributed by atoms with Crippen molar-refractivity contribution in [1.82, 2.24) is 29.4 Å². The highest BCUT2D eigenvalue weighted by atomic mass is 16.1. The molecule has 33 heavy (non-hydrogen) atoms. The number of hydrogen-bond donors (Lipinski definition) is 2. The zero-order valence-electron chi connectivity index (χ0n) is 19.1. The van der Waals surface area contributed by atoms with Crippen molar-refractivity contribution in [1.29, 1.82) is 0 Å². The number of anilines is 1. The maximum Gasteiger partial charge on any atom is 0.228 e. The van der Waals surface area contributed by atoms with Crippen LogP contribution in [-0.4, -0.2) is 41.7 Å². The number of para-hydroxylation sites is 1. The quantitative estimate of drug-likeness (QED) is 0.266. The first kappa shape index (κ1) is 22.6. The summed E-state index contributed by atoms with van der Waals surface area (Å²) in [6, 6.07) is 9.91. The molecule has 3 heterocycles. The maximum atomic E-state index is 12.9. The molecule has 1 aromatic carbocycles. The molecule has 9 heteroatoms. The third kappa shape index (κ3) is 5.09. The average molecular weight is 447 g/mol. The fourth-order valence-electron chi connectivity index (χ4n) is 3.73. The first-order chi connectivity index (χ1) is 16.1. The number of hydrogen-bond acceptors (Lipinski definition) is 7. The topological polar surface area (TPSA) is 116 Å². The van der Waals surface area contributed by atoms with Gasteiger partial charge in [-0.2, -0.15) is 19.7 Å². The Kier molecular flexibility index (Phi) is 7.09. The van der Waals surface area contributed by atoms with Crippen LogP contribution in [0.15, 0.2) is 48.9 Å². The molecule has 0 aliphatic rings. The van der Waals surface area contributed by atoms with Gasteiger partial charge in [0.2, 0.25) is 11.8 Å². The van der Waals surface area contributed by atoms with E-state index in [0.717, 1.165) is 36.1 Å². The molecule has 0 aliphatic heterocycles. The molecule has 0 spiro atoms. The summed E-state index contributed by atoms with van der Waals surface area (Å²) in [4.78, 5) is 22.0. The number of rotatable bonds is 11. The Morgan fingerprint density at radius 1 is 1.09 bits per heavy atom. The minimum Gasteiger partial charge on any atom is -0.350 e. The SMILES string of the molecule is CC(C)c1cnn2c(NCc3ccccc3-n3cccn3)nc(C(=O)CCCCCN)nc12. The third-order valence-electron chi connectivity index (χ3n) is 5.55. The number of nitrogens with one attached hydrogen (secondary N) is 1. The second-order valence-electron chi connectivity index (χ2n) is 8.32. The predicted octanol–water partition coefficient (Wildman–Crippen LogP) is 3.75. The number of Topliss-reactive ketones (excluding diaryl/α,β-unsaturated/α-hetero) is 1. The third-order valence-corrected chi connectivity index (χ3v) is 5.55. The molecule has 4 rings (SSSR count).